The molecule has 7 nitrogen and oxygen atoms in total. The number of nitrogens with one attached hydrogen (secondary N) is 2. The van der Waals surface area contributed by atoms with E-state index in [0.717, 1.165) is 16.9 Å². The van der Waals surface area contributed by atoms with Crippen LogP contribution in [0.2, 0.25) is 0 Å². The summed E-state index contributed by atoms with van der Waals surface area (Å²) in [6.07, 6.45) is 0. The number of anilines is 1. The highest BCUT2D eigenvalue weighted by Crippen LogP contribution is 2.22. The molecule has 22 heavy (non-hydrogen) atoms. The molecule has 0 spiro atoms. The summed E-state index contributed by atoms with van der Waals surface area (Å²) < 4.78 is 0. The molecule has 0 unspecified atom stereocenters. The van der Waals surface area contributed by atoms with E-state index in [-0.39, 0.29) is 11.7 Å². The Hall–Kier alpha value is -2.96. The molecule has 0 saturated carbocycles. The Labute approximate surface area is 126 Å². The van der Waals surface area contributed by atoms with E-state index in [9.17, 15) is 10.1 Å². The molecule has 2 N–H and O–H groups in total. The van der Waals surface area contributed by atoms with E-state index in [2.05, 4.69) is 20.3 Å². The van der Waals surface area contributed by atoms with E-state index in [1.165, 1.54) is 6.07 Å². The number of H-pyrrole nitrogens is 1. The van der Waals surface area contributed by atoms with E-state index in [4.69, 9.17) is 0 Å². The van der Waals surface area contributed by atoms with Crippen molar-refractivity contribution in [1.82, 2.24) is 15.0 Å². The zero-order valence-corrected chi connectivity index (χ0v) is 12.2. The largest absolute Gasteiger partial charge is 0.360 e. The lowest BCUT2D eigenvalue weighted by atomic mass is 10.3. The van der Waals surface area contributed by atoms with Crippen LogP contribution in [0.25, 0.3) is 11.0 Å². The Morgan fingerprint density at radius 3 is 2.68 bits per heavy atom. The molecular formula is C15H15N5O2. The van der Waals surface area contributed by atoms with Gasteiger partial charge >= 0.3 is 0 Å². The molecule has 0 aliphatic carbocycles. The van der Waals surface area contributed by atoms with Crippen LogP contribution in [0.4, 0.5) is 11.5 Å². The highest BCUT2D eigenvalue weighted by Gasteiger charge is 2.15. The Kier molecular flexibility index (Phi) is 3.46. The topological polar surface area (TPSA) is 96.7 Å². The minimum absolute atomic E-state index is 0.0157. The molecule has 0 aliphatic rings. The molecule has 0 bridgehead atoms. The third-order valence-corrected chi connectivity index (χ3v) is 3.44. The fraction of sp³-hybridized carbons (Fsp3) is 0.200. The highest BCUT2D eigenvalue weighted by atomic mass is 16.6. The van der Waals surface area contributed by atoms with Crippen LogP contribution >= 0.6 is 0 Å². The predicted molar refractivity (Wildman–Crippen MR) is 83.8 cm³/mol. The number of hydrogen-bond donors (Lipinski definition) is 2. The van der Waals surface area contributed by atoms with E-state index in [1.54, 1.807) is 13.0 Å². The van der Waals surface area contributed by atoms with Gasteiger partial charge in [-0.15, -0.1) is 0 Å². The fourth-order valence-electron chi connectivity index (χ4n) is 2.29. The molecule has 1 atom stereocenters. The third-order valence-electron chi connectivity index (χ3n) is 3.44. The average molecular weight is 297 g/mol. The first-order valence-corrected chi connectivity index (χ1v) is 6.88. The normalized spacial score (nSPS) is 12.3. The number of fused-ring (bicyclic) bond motifs is 1. The number of pyridine rings is 1. The molecule has 0 saturated heterocycles. The minimum Gasteiger partial charge on any atom is -0.360 e. The van der Waals surface area contributed by atoms with E-state index >= 15 is 0 Å². The van der Waals surface area contributed by atoms with Gasteiger partial charge in [-0.25, -0.2) is 9.97 Å². The lowest BCUT2D eigenvalue weighted by Crippen LogP contribution is -2.10. The third kappa shape index (κ3) is 2.60. The van der Waals surface area contributed by atoms with Gasteiger partial charge in [-0.1, -0.05) is 12.1 Å². The van der Waals surface area contributed by atoms with Gasteiger partial charge in [0.05, 0.1) is 22.0 Å². The number of benzene rings is 1. The van der Waals surface area contributed by atoms with Gasteiger partial charge < -0.3 is 10.3 Å². The lowest BCUT2D eigenvalue weighted by molar-refractivity contribution is -0.385. The van der Waals surface area contributed by atoms with E-state index < -0.39 is 4.92 Å². The highest BCUT2D eigenvalue weighted by molar-refractivity contribution is 5.74. The van der Waals surface area contributed by atoms with Crippen molar-refractivity contribution in [3.8, 4) is 0 Å². The van der Waals surface area contributed by atoms with Gasteiger partial charge in [-0.3, -0.25) is 10.1 Å². The summed E-state index contributed by atoms with van der Waals surface area (Å²) >= 11 is 0. The summed E-state index contributed by atoms with van der Waals surface area (Å²) in [7, 11) is 0. The van der Waals surface area contributed by atoms with Crippen molar-refractivity contribution in [2.75, 3.05) is 5.32 Å². The predicted octanol–water partition coefficient (Wildman–Crippen LogP) is 3.35. The van der Waals surface area contributed by atoms with Crippen LogP contribution in [0.15, 0.2) is 36.4 Å². The molecule has 1 aromatic carbocycles. The molecule has 0 fully saturated rings. The Balaban J connectivity index is 1.83. The summed E-state index contributed by atoms with van der Waals surface area (Å²) in [5.41, 5.74) is 2.27. The van der Waals surface area contributed by atoms with Crippen molar-refractivity contribution in [2.45, 2.75) is 19.9 Å². The number of rotatable bonds is 4. The van der Waals surface area contributed by atoms with Crippen LogP contribution in [0, 0.1) is 17.0 Å². The van der Waals surface area contributed by atoms with Gasteiger partial charge in [-0.05, 0) is 32.0 Å². The van der Waals surface area contributed by atoms with Crippen molar-refractivity contribution in [3.05, 3.63) is 58.0 Å². The monoisotopic (exact) mass is 297 g/mol. The molecule has 0 radical (unpaired) electrons. The van der Waals surface area contributed by atoms with E-state index in [0.29, 0.717) is 11.5 Å². The number of imidazole rings is 1. The van der Waals surface area contributed by atoms with Gasteiger partial charge in [0.1, 0.15) is 17.3 Å². The van der Waals surface area contributed by atoms with Crippen LogP contribution in [0.5, 0.6) is 0 Å². The molecule has 2 heterocycles. The van der Waals surface area contributed by atoms with Crippen molar-refractivity contribution < 1.29 is 4.92 Å². The number of para-hydroxylation sites is 2. The maximum absolute atomic E-state index is 10.8. The Morgan fingerprint density at radius 1 is 1.23 bits per heavy atom. The molecule has 7 heteroatoms. The number of aromatic amines is 1. The maximum atomic E-state index is 10.8. The molecule has 2 aromatic heterocycles. The Bertz CT molecular complexity index is 810. The molecular weight excluding hydrogens is 282 g/mol. The van der Waals surface area contributed by atoms with Crippen molar-refractivity contribution in [2.24, 2.45) is 0 Å². The Morgan fingerprint density at radius 2 is 2.00 bits per heavy atom. The summed E-state index contributed by atoms with van der Waals surface area (Å²) in [6.45, 7) is 3.57. The first kappa shape index (κ1) is 14.0. The number of hydrogen-bond acceptors (Lipinski definition) is 5. The lowest BCUT2D eigenvalue weighted by Gasteiger charge is -2.12. The van der Waals surface area contributed by atoms with Crippen molar-refractivity contribution >= 4 is 22.5 Å². The quantitative estimate of drug-likeness (QED) is 0.568. The van der Waals surface area contributed by atoms with Crippen LogP contribution in [-0.2, 0) is 0 Å². The second kappa shape index (κ2) is 5.44. The minimum atomic E-state index is -0.436. The zero-order valence-electron chi connectivity index (χ0n) is 12.2. The average Bonchev–Trinajstić information content (AvgIpc) is 2.91. The standard InChI is InChI=1S/C15H15N5O2/c1-9-13(20(21)22)7-8-14(16-9)17-10(2)15-18-11-5-3-4-6-12(11)19-15/h3-8,10H,1-2H3,(H,16,17)(H,18,19)/t10-/m0/s1. The van der Waals surface area contributed by atoms with Crippen LogP contribution in [0.3, 0.4) is 0 Å². The van der Waals surface area contributed by atoms with Gasteiger partial charge in [0.2, 0.25) is 0 Å². The van der Waals surface area contributed by atoms with Crippen LogP contribution in [-0.4, -0.2) is 19.9 Å². The number of aromatic nitrogens is 3. The fourth-order valence-corrected chi connectivity index (χ4v) is 2.29. The summed E-state index contributed by atoms with van der Waals surface area (Å²) in [6, 6.07) is 10.8. The summed E-state index contributed by atoms with van der Waals surface area (Å²) in [4.78, 5) is 22.4. The molecule has 0 amide bonds. The SMILES string of the molecule is Cc1nc(N[C@@H](C)c2nc3ccccc3[nH]2)ccc1[N+](=O)[O-]. The summed E-state index contributed by atoms with van der Waals surface area (Å²) in [5, 5.41) is 14.0. The van der Waals surface area contributed by atoms with Gasteiger partial charge in [0, 0.05) is 6.07 Å². The van der Waals surface area contributed by atoms with Crippen molar-refractivity contribution in [1.29, 1.82) is 0 Å². The van der Waals surface area contributed by atoms with Crippen LogP contribution < -0.4 is 5.32 Å². The molecule has 3 aromatic rings. The van der Waals surface area contributed by atoms with Crippen LogP contribution in [0.1, 0.15) is 24.5 Å². The molecule has 112 valence electrons. The molecule has 0 aliphatic heterocycles. The van der Waals surface area contributed by atoms with Gasteiger partial charge in [-0.2, -0.15) is 0 Å². The van der Waals surface area contributed by atoms with Gasteiger partial charge in [0.15, 0.2) is 0 Å². The van der Waals surface area contributed by atoms with E-state index in [1.807, 2.05) is 31.2 Å². The first-order valence-electron chi connectivity index (χ1n) is 6.88. The maximum Gasteiger partial charge on any atom is 0.290 e. The first-order chi connectivity index (χ1) is 10.5. The number of aryl methyl sites for hydroxylation is 1. The second-order valence-corrected chi connectivity index (χ2v) is 5.06. The smallest absolute Gasteiger partial charge is 0.290 e. The number of nitro groups is 1. The zero-order chi connectivity index (χ0) is 15.7. The number of nitrogens with zero attached hydrogens (tertiary/aromatic N) is 3. The van der Waals surface area contributed by atoms with Crippen molar-refractivity contribution in [3.63, 3.8) is 0 Å². The molecule has 3 rings (SSSR count). The van der Waals surface area contributed by atoms with Gasteiger partial charge in [0.25, 0.3) is 5.69 Å². The summed E-state index contributed by atoms with van der Waals surface area (Å²) in [5.74, 6) is 1.37. The second-order valence-electron chi connectivity index (χ2n) is 5.06.